The van der Waals surface area contributed by atoms with E-state index in [-0.39, 0.29) is 6.03 Å². The molecule has 35 heavy (non-hydrogen) atoms. The second-order valence-electron chi connectivity index (χ2n) is 8.27. The molecule has 0 saturated heterocycles. The van der Waals surface area contributed by atoms with Crippen molar-refractivity contribution >= 4 is 34.0 Å². The van der Waals surface area contributed by atoms with Crippen LogP contribution in [0.3, 0.4) is 0 Å². The first-order chi connectivity index (χ1) is 17.2. The number of ether oxygens (including phenoxy) is 3. The molecule has 0 radical (unpaired) electrons. The Balaban J connectivity index is 1.49. The maximum Gasteiger partial charge on any atom is 0.322 e. The van der Waals surface area contributed by atoms with Crippen LogP contribution in [-0.4, -0.2) is 49.0 Å². The van der Waals surface area contributed by atoms with E-state index in [1.165, 1.54) is 16.1 Å². The maximum atomic E-state index is 13.5. The summed E-state index contributed by atoms with van der Waals surface area (Å²) in [5, 5.41) is 6.29. The molecule has 182 valence electrons. The summed E-state index contributed by atoms with van der Waals surface area (Å²) in [6.07, 6.45) is 0. The van der Waals surface area contributed by atoms with Gasteiger partial charge in [0, 0.05) is 48.4 Å². The molecule has 0 atom stereocenters. The topological polar surface area (TPSA) is 65.0 Å². The molecule has 5 rings (SSSR count). The van der Waals surface area contributed by atoms with Gasteiger partial charge in [-0.25, -0.2) is 4.79 Å². The van der Waals surface area contributed by atoms with E-state index in [4.69, 9.17) is 14.2 Å². The zero-order chi connectivity index (χ0) is 24.2. The van der Waals surface area contributed by atoms with Gasteiger partial charge in [0.25, 0.3) is 0 Å². The predicted molar refractivity (Wildman–Crippen MR) is 140 cm³/mol. The van der Waals surface area contributed by atoms with Crippen LogP contribution in [0, 0.1) is 0 Å². The standard InChI is InChI=1S/C27H29N3O4S/c1-3-30-22-8-5-4-7-20(22)21(26(30)25-9-6-16-35-25)18-29(12-13-32-2)27(31)28-19-10-11-23-24(17-19)34-15-14-33-23/h4-11,16-17H,3,12-15,18H2,1-2H3,(H,28,31). The van der Waals surface area contributed by atoms with Gasteiger partial charge in [-0.1, -0.05) is 24.3 Å². The Labute approximate surface area is 208 Å². The number of benzene rings is 2. The van der Waals surface area contributed by atoms with E-state index in [0.717, 1.165) is 17.5 Å². The minimum absolute atomic E-state index is 0.191. The number of carbonyl (C=O) groups is 1. The van der Waals surface area contributed by atoms with E-state index in [9.17, 15) is 4.79 Å². The van der Waals surface area contributed by atoms with E-state index in [2.05, 4.69) is 58.6 Å². The highest BCUT2D eigenvalue weighted by Crippen LogP contribution is 2.37. The van der Waals surface area contributed by atoms with Crippen molar-refractivity contribution in [2.75, 3.05) is 38.8 Å². The number of nitrogens with zero attached hydrogens (tertiary/aromatic N) is 2. The van der Waals surface area contributed by atoms with Crippen LogP contribution in [-0.2, 0) is 17.8 Å². The van der Waals surface area contributed by atoms with Crippen molar-refractivity contribution in [1.82, 2.24) is 9.47 Å². The Morgan fingerprint density at radius 1 is 1.11 bits per heavy atom. The Hall–Kier alpha value is -3.49. The number of para-hydroxylation sites is 1. The lowest BCUT2D eigenvalue weighted by atomic mass is 10.1. The van der Waals surface area contributed by atoms with Crippen LogP contribution < -0.4 is 14.8 Å². The molecule has 0 fully saturated rings. The van der Waals surface area contributed by atoms with Gasteiger partial charge in [-0.3, -0.25) is 0 Å². The molecule has 3 heterocycles. The summed E-state index contributed by atoms with van der Waals surface area (Å²) in [6, 6.07) is 17.9. The monoisotopic (exact) mass is 491 g/mol. The lowest BCUT2D eigenvalue weighted by Crippen LogP contribution is -2.37. The molecule has 0 unspecified atom stereocenters. The SMILES string of the molecule is CCn1c(-c2cccs2)c(CN(CCOC)C(=O)Nc2ccc3c(c2)OCCO3)c2ccccc21. The molecule has 2 amide bonds. The quantitative estimate of drug-likeness (QED) is 0.336. The van der Waals surface area contributed by atoms with Gasteiger partial charge in [0.15, 0.2) is 11.5 Å². The molecule has 7 nitrogen and oxygen atoms in total. The largest absolute Gasteiger partial charge is 0.486 e. The van der Waals surface area contributed by atoms with Crippen molar-refractivity contribution in [2.24, 2.45) is 0 Å². The fourth-order valence-corrected chi connectivity index (χ4v) is 5.33. The second-order valence-corrected chi connectivity index (χ2v) is 9.22. The third-order valence-electron chi connectivity index (χ3n) is 6.14. The molecule has 2 aromatic heterocycles. The van der Waals surface area contributed by atoms with Gasteiger partial charge in [-0.05, 0) is 36.6 Å². The van der Waals surface area contributed by atoms with Gasteiger partial charge in [-0.15, -0.1) is 11.3 Å². The number of methoxy groups -OCH3 is 1. The Bertz CT molecular complexity index is 1320. The van der Waals surface area contributed by atoms with Crippen LogP contribution in [0.1, 0.15) is 12.5 Å². The van der Waals surface area contributed by atoms with Crippen molar-refractivity contribution in [1.29, 1.82) is 0 Å². The molecular weight excluding hydrogens is 462 g/mol. The van der Waals surface area contributed by atoms with Gasteiger partial charge < -0.3 is 29.0 Å². The van der Waals surface area contributed by atoms with Crippen molar-refractivity contribution in [3.8, 4) is 22.1 Å². The minimum atomic E-state index is -0.191. The smallest absolute Gasteiger partial charge is 0.322 e. The number of hydrogen-bond donors (Lipinski definition) is 1. The minimum Gasteiger partial charge on any atom is -0.486 e. The molecule has 8 heteroatoms. The van der Waals surface area contributed by atoms with Gasteiger partial charge in [-0.2, -0.15) is 0 Å². The Kier molecular flexibility index (Phi) is 6.92. The number of anilines is 1. The normalized spacial score (nSPS) is 12.6. The summed E-state index contributed by atoms with van der Waals surface area (Å²) in [7, 11) is 1.65. The zero-order valence-corrected chi connectivity index (χ0v) is 20.8. The van der Waals surface area contributed by atoms with E-state index < -0.39 is 0 Å². The number of urea groups is 1. The first-order valence-electron chi connectivity index (χ1n) is 11.8. The van der Waals surface area contributed by atoms with Crippen LogP contribution in [0.15, 0.2) is 60.0 Å². The number of aryl methyl sites for hydroxylation is 1. The van der Waals surface area contributed by atoms with Crippen molar-refractivity contribution < 1.29 is 19.0 Å². The molecular formula is C27H29N3O4S. The van der Waals surface area contributed by atoms with Gasteiger partial charge in [0.05, 0.1) is 23.7 Å². The summed E-state index contributed by atoms with van der Waals surface area (Å²) < 4.78 is 19.0. The molecule has 1 aliphatic heterocycles. The highest BCUT2D eigenvalue weighted by Gasteiger charge is 2.23. The summed E-state index contributed by atoms with van der Waals surface area (Å²) in [4.78, 5) is 16.5. The average Bonchev–Trinajstić information content (AvgIpc) is 3.52. The number of nitrogens with one attached hydrogen (secondary N) is 1. The molecule has 0 bridgehead atoms. The summed E-state index contributed by atoms with van der Waals surface area (Å²) in [5.41, 5.74) is 4.14. The lowest BCUT2D eigenvalue weighted by molar-refractivity contribution is 0.153. The highest BCUT2D eigenvalue weighted by molar-refractivity contribution is 7.13. The number of carbonyl (C=O) groups excluding carboxylic acids is 1. The predicted octanol–water partition coefficient (Wildman–Crippen LogP) is 5.84. The fourth-order valence-electron chi connectivity index (χ4n) is 4.53. The summed E-state index contributed by atoms with van der Waals surface area (Å²) >= 11 is 1.71. The number of aromatic nitrogens is 1. The van der Waals surface area contributed by atoms with E-state index in [0.29, 0.717) is 50.1 Å². The van der Waals surface area contributed by atoms with Crippen LogP contribution in [0.2, 0.25) is 0 Å². The highest BCUT2D eigenvalue weighted by atomic mass is 32.1. The first kappa shape index (κ1) is 23.3. The lowest BCUT2D eigenvalue weighted by Gasteiger charge is -2.24. The molecule has 0 saturated carbocycles. The first-order valence-corrected chi connectivity index (χ1v) is 12.7. The van der Waals surface area contributed by atoms with E-state index in [1.54, 1.807) is 29.4 Å². The number of amides is 2. The Morgan fingerprint density at radius 2 is 1.94 bits per heavy atom. The van der Waals surface area contributed by atoms with Crippen LogP contribution >= 0.6 is 11.3 Å². The van der Waals surface area contributed by atoms with Crippen molar-refractivity contribution in [2.45, 2.75) is 20.0 Å². The summed E-state index contributed by atoms with van der Waals surface area (Å²) in [5.74, 6) is 1.34. The third kappa shape index (κ3) is 4.72. The number of fused-ring (bicyclic) bond motifs is 2. The number of rotatable bonds is 8. The second kappa shape index (κ2) is 10.4. The average molecular weight is 492 g/mol. The molecule has 0 aliphatic carbocycles. The van der Waals surface area contributed by atoms with E-state index >= 15 is 0 Å². The van der Waals surface area contributed by atoms with Gasteiger partial charge in [0.2, 0.25) is 0 Å². The fraction of sp³-hybridized carbons (Fsp3) is 0.296. The maximum absolute atomic E-state index is 13.5. The Morgan fingerprint density at radius 3 is 2.71 bits per heavy atom. The van der Waals surface area contributed by atoms with Gasteiger partial charge >= 0.3 is 6.03 Å². The van der Waals surface area contributed by atoms with Crippen molar-refractivity contribution in [3.63, 3.8) is 0 Å². The molecule has 1 N–H and O–H groups in total. The number of thiophene rings is 1. The molecule has 1 aliphatic rings. The molecule has 2 aromatic carbocycles. The van der Waals surface area contributed by atoms with Crippen molar-refractivity contribution in [3.05, 3.63) is 65.5 Å². The summed E-state index contributed by atoms with van der Waals surface area (Å²) in [6.45, 7) is 5.39. The van der Waals surface area contributed by atoms with Crippen LogP contribution in [0.5, 0.6) is 11.5 Å². The van der Waals surface area contributed by atoms with E-state index in [1.807, 2.05) is 12.1 Å². The van der Waals surface area contributed by atoms with Crippen LogP contribution in [0.4, 0.5) is 10.5 Å². The van der Waals surface area contributed by atoms with Gasteiger partial charge in [0.1, 0.15) is 13.2 Å². The molecule has 0 spiro atoms. The zero-order valence-electron chi connectivity index (χ0n) is 20.0. The molecule has 4 aromatic rings. The number of hydrogen-bond acceptors (Lipinski definition) is 5. The van der Waals surface area contributed by atoms with Crippen LogP contribution in [0.25, 0.3) is 21.5 Å². The third-order valence-corrected chi connectivity index (χ3v) is 7.02.